The second-order valence-electron chi connectivity index (χ2n) is 7.13. The van der Waals surface area contributed by atoms with E-state index in [4.69, 9.17) is 0 Å². The van der Waals surface area contributed by atoms with Crippen molar-refractivity contribution in [3.8, 4) is 11.4 Å². The lowest BCUT2D eigenvalue weighted by atomic mass is 10.1. The average molecular weight is 376 g/mol. The normalized spacial score (nSPS) is 11.9. The topological polar surface area (TPSA) is 79.0 Å². The van der Waals surface area contributed by atoms with Crippen LogP contribution in [0.4, 0.5) is 0 Å². The van der Waals surface area contributed by atoms with Crippen molar-refractivity contribution < 1.29 is 4.79 Å². The lowest BCUT2D eigenvalue weighted by Crippen LogP contribution is -2.39. The van der Waals surface area contributed by atoms with Crippen molar-refractivity contribution in [1.82, 2.24) is 19.9 Å². The standard InChI is InChI=1S/C22H24N4O2/c1-14-5-7-17(8-6-14)20-24-13-19(21(27)25-20)22(28)26(4)16(3)12-18-11-15(2)9-10-23-18/h5-11,13,16H,12H2,1-4H3,(H,24,25,27). The summed E-state index contributed by atoms with van der Waals surface area (Å²) in [6.45, 7) is 5.93. The zero-order valence-corrected chi connectivity index (χ0v) is 16.6. The molecule has 144 valence electrons. The number of pyridine rings is 1. The van der Waals surface area contributed by atoms with E-state index in [2.05, 4.69) is 15.0 Å². The number of likely N-dealkylation sites (N-methyl/N-ethyl adjacent to an activating group) is 1. The Morgan fingerprint density at radius 2 is 1.82 bits per heavy atom. The summed E-state index contributed by atoms with van der Waals surface area (Å²) in [6, 6.07) is 11.5. The van der Waals surface area contributed by atoms with Crippen LogP contribution in [-0.2, 0) is 6.42 Å². The highest BCUT2D eigenvalue weighted by Gasteiger charge is 2.21. The molecule has 0 aliphatic rings. The third kappa shape index (κ3) is 4.34. The molecule has 1 amide bonds. The Morgan fingerprint density at radius 3 is 2.46 bits per heavy atom. The molecule has 0 aliphatic carbocycles. The van der Waals surface area contributed by atoms with Gasteiger partial charge < -0.3 is 9.88 Å². The quantitative estimate of drug-likeness (QED) is 0.742. The zero-order chi connectivity index (χ0) is 20.3. The molecular weight excluding hydrogens is 352 g/mol. The molecular formula is C22H24N4O2. The molecule has 0 spiro atoms. The van der Waals surface area contributed by atoms with E-state index in [1.807, 2.05) is 57.2 Å². The number of nitrogens with zero attached hydrogens (tertiary/aromatic N) is 3. The first-order valence-electron chi connectivity index (χ1n) is 9.20. The third-order valence-electron chi connectivity index (χ3n) is 4.81. The summed E-state index contributed by atoms with van der Waals surface area (Å²) >= 11 is 0. The van der Waals surface area contributed by atoms with Gasteiger partial charge in [-0.2, -0.15) is 0 Å². The molecule has 28 heavy (non-hydrogen) atoms. The number of carbonyl (C=O) groups is 1. The fraction of sp³-hybridized carbons (Fsp3) is 0.273. The van der Waals surface area contributed by atoms with E-state index in [-0.39, 0.29) is 17.5 Å². The monoisotopic (exact) mass is 376 g/mol. The predicted molar refractivity (Wildman–Crippen MR) is 109 cm³/mol. The number of aromatic amines is 1. The van der Waals surface area contributed by atoms with Crippen LogP contribution in [0.5, 0.6) is 0 Å². The highest BCUT2D eigenvalue weighted by Crippen LogP contribution is 2.15. The Kier molecular flexibility index (Phi) is 5.68. The molecule has 0 saturated heterocycles. The minimum absolute atomic E-state index is 0.0300. The fourth-order valence-electron chi connectivity index (χ4n) is 2.95. The summed E-state index contributed by atoms with van der Waals surface area (Å²) in [5.74, 6) is 0.0885. The first kappa shape index (κ1) is 19.5. The minimum atomic E-state index is -0.441. The van der Waals surface area contributed by atoms with Crippen LogP contribution < -0.4 is 5.56 Å². The number of rotatable bonds is 5. The molecule has 6 nitrogen and oxygen atoms in total. The number of nitrogens with one attached hydrogen (secondary N) is 1. The van der Waals surface area contributed by atoms with Gasteiger partial charge in [0.2, 0.25) is 0 Å². The fourth-order valence-corrected chi connectivity index (χ4v) is 2.95. The Balaban J connectivity index is 1.77. The summed E-state index contributed by atoms with van der Waals surface area (Å²) in [5, 5.41) is 0. The summed E-state index contributed by atoms with van der Waals surface area (Å²) in [6.07, 6.45) is 3.72. The highest BCUT2D eigenvalue weighted by atomic mass is 16.2. The van der Waals surface area contributed by atoms with Gasteiger partial charge in [-0.05, 0) is 38.5 Å². The Bertz CT molecular complexity index is 1040. The molecule has 6 heteroatoms. The third-order valence-corrected chi connectivity index (χ3v) is 4.81. The SMILES string of the molecule is Cc1ccc(-c2ncc(C(=O)N(C)C(C)Cc3cc(C)ccn3)c(=O)[nH]2)cc1. The molecule has 0 bridgehead atoms. The molecule has 1 unspecified atom stereocenters. The maximum absolute atomic E-state index is 12.8. The van der Waals surface area contributed by atoms with Crippen molar-refractivity contribution in [3.05, 3.63) is 81.5 Å². The van der Waals surface area contributed by atoms with Gasteiger partial charge in [0, 0.05) is 43.2 Å². The van der Waals surface area contributed by atoms with Crippen LogP contribution in [0.3, 0.4) is 0 Å². The van der Waals surface area contributed by atoms with Crippen LogP contribution >= 0.6 is 0 Å². The molecule has 3 aromatic rings. The minimum Gasteiger partial charge on any atom is -0.338 e. The molecule has 0 saturated carbocycles. The van der Waals surface area contributed by atoms with Crippen LogP contribution in [0.25, 0.3) is 11.4 Å². The number of hydrogen-bond donors (Lipinski definition) is 1. The van der Waals surface area contributed by atoms with E-state index in [1.54, 1.807) is 18.1 Å². The van der Waals surface area contributed by atoms with Gasteiger partial charge in [0.05, 0.1) is 0 Å². The van der Waals surface area contributed by atoms with Gasteiger partial charge >= 0.3 is 0 Å². The lowest BCUT2D eigenvalue weighted by molar-refractivity contribution is 0.0740. The van der Waals surface area contributed by atoms with Gasteiger partial charge in [0.15, 0.2) is 0 Å². The van der Waals surface area contributed by atoms with E-state index >= 15 is 0 Å². The van der Waals surface area contributed by atoms with Crippen molar-refractivity contribution in [1.29, 1.82) is 0 Å². The van der Waals surface area contributed by atoms with Crippen molar-refractivity contribution in [3.63, 3.8) is 0 Å². The van der Waals surface area contributed by atoms with Gasteiger partial charge in [-0.25, -0.2) is 4.98 Å². The summed E-state index contributed by atoms with van der Waals surface area (Å²) in [4.78, 5) is 38.2. The van der Waals surface area contributed by atoms with E-state index in [0.29, 0.717) is 12.2 Å². The van der Waals surface area contributed by atoms with E-state index in [1.165, 1.54) is 6.20 Å². The molecule has 0 aliphatic heterocycles. The molecule has 1 N–H and O–H groups in total. The number of aromatic nitrogens is 3. The maximum atomic E-state index is 12.8. The number of aryl methyl sites for hydroxylation is 2. The number of amides is 1. The molecule has 1 aromatic carbocycles. The second kappa shape index (κ2) is 8.17. The number of H-pyrrole nitrogens is 1. The van der Waals surface area contributed by atoms with Crippen molar-refractivity contribution in [2.45, 2.75) is 33.2 Å². The van der Waals surface area contributed by atoms with Crippen LogP contribution in [0, 0.1) is 13.8 Å². The van der Waals surface area contributed by atoms with Gasteiger partial charge in [-0.15, -0.1) is 0 Å². The molecule has 3 rings (SSSR count). The van der Waals surface area contributed by atoms with Crippen LogP contribution in [-0.4, -0.2) is 38.8 Å². The van der Waals surface area contributed by atoms with Crippen molar-refractivity contribution >= 4 is 5.91 Å². The Labute approximate surface area is 164 Å². The van der Waals surface area contributed by atoms with Gasteiger partial charge in [0.1, 0.15) is 11.4 Å². The Hall–Kier alpha value is -3.28. The Morgan fingerprint density at radius 1 is 1.11 bits per heavy atom. The first-order valence-corrected chi connectivity index (χ1v) is 9.20. The van der Waals surface area contributed by atoms with Crippen molar-refractivity contribution in [2.24, 2.45) is 0 Å². The van der Waals surface area contributed by atoms with Crippen LogP contribution in [0.15, 0.2) is 53.6 Å². The second-order valence-corrected chi connectivity index (χ2v) is 7.13. The lowest BCUT2D eigenvalue weighted by Gasteiger charge is -2.24. The average Bonchev–Trinajstić information content (AvgIpc) is 2.67. The molecule has 0 radical (unpaired) electrons. The number of carbonyl (C=O) groups excluding carboxylic acids is 1. The van der Waals surface area contributed by atoms with E-state index in [0.717, 1.165) is 22.4 Å². The number of benzene rings is 1. The van der Waals surface area contributed by atoms with E-state index in [9.17, 15) is 9.59 Å². The maximum Gasteiger partial charge on any atom is 0.264 e. The summed E-state index contributed by atoms with van der Waals surface area (Å²) in [7, 11) is 1.69. The van der Waals surface area contributed by atoms with Gasteiger partial charge in [-0.3, -0.25) is 14.6 Å². The number of hydrogen-bond acceptors (Lipinski definition) is 4. The smallest absolute Gasteiger partial charge is 0.264 e. The van der Waals surface area contributed by atoms with Crippen molar-refractivity contribution in [2.75, 3.05) is 7.05 Å². The van der Waals surface area contributed by atoms with Crippen LogP contribution in [0.2, 0.25) is 0 Å². The summed E-state index contributed by atoms with van der Waals surface area (Å²) in [5.41, 5.74) is 3.55. The van der Waals surface area contributed by atoms with E-state index < -0.39 is 5.56 Å². The van der Waals surface area contributed by atoms with Gasteiger partial charge in [0.25, 0.3) is 11.5 Å². The molecule has 2 heterocycles. The largest absolute Gasteiger partial charge is 0.338 e. The van der Waals surface area contributed by atoms with Crippen LogP contribution in [0.1, 0.15) is 34.1 Å². The molecule has 2 aromatic heterocycles. The molecule has 0 fully saturated rings. The summed E-state index contributed by atoms with van der Waals surface area (Å²) < 4.78 is 0. The molecule has 1 atom stereocenters. The first-order chi connectivity index (χ1) is 13.3. The van der Waals surface area contributed by atoms with Gasteiger partial charge in [-0.1, -0.05) is 29.8 Å². The zero-order valence-electron chi connectivity index (χ0n) is 16.6. The predicted octanol–water partition coefficient (Wildman–Crippen LogP) is 3.15. The highest BCUT2D eigenvalue weighted by molar-refractivity contribution is 5.93.